The first-order chi connectivity index (χ1) is 13.5. The predicted molar refractivity (Wildman–Crippen MR) is 116 cm³/mol. The van der Waals surface area contributed by atoms with Crippen molar-refractivity contribution in [1.82, 2.24) is 25.1 Å². The second-order valence-electron chi connectivity index (χ2n) is 5.47. The van der Waals surface area contributed by atoms with Gasteiger partial charge in [-0.2, -0.15) is 0 Å². The van der Waals surface area contributed by atoms with Gasteiger partial charge >= 0.3 is 0 Å². The number of aromatic amines is 1. The molecule has 0 saturated heterocycles. The summed E-state index contributed by atoms with van der Waals surface area (Å²) in [6.45, 7) is 0. The van der Waals surface area contributed by atoms with E-state index < -0.39 is 0 Å². The fraction of sp³-hybridized carbons (Fsp3) is 0. The first kappa shape index (κ1) is 19.6. The van der Waals surface area contributed by atoms with E-state index in [9.17, 15) is 4.39 Å². The number of nitrogens with one attached hydrogen (secondary N) is 1. The van der Waals surface area contributed by atoms with Crippen molar-refractivity contribution in [1.29, 1.82) is 0 Å². The highest BCUT2D eigenvalue weighted by molar-refractivity contribution is 14.1. The highest BCUT2D eigenvalue weighted by Gasteiger charge is 2.12. The maximum absolute atomic E-state index is 13.6. The zero-order valence-corrected chi connectivity index (χ0v) is 18.5. The van der Waals surface area contributed by atoms with Gasteiger partial charge in [-0.3, -0.25) is 0 Å². The Bertz CT molecular complexity index is 1110. The molecule has 0 bridgehead atoms. The molecular formula is C18H10ClFIN5S2. The number of H-pyrrole nitrogens is 1. The van der Waals surface area contributed by atoms with Crippen LogP contribution in [0.4, 0.5) is 4.39 Å². The SMILES string of the molecule is Fc1cc(I)cc(-c2nnc(Sc3cc(Cl)nc(Sc4ccccc4)n3)[nH]2)c1. The molecule has 140 valence electrons. The summed E-state index contributed by atoms with van der Waals surface area (Å²) < 4.78 is 14.4. The molecule has 0 aliphatic rings. The lowest BCUT2D eigenvalue weighted by molar-refractivity contribution is 0.627. The largest absolute Gasteiger partial charge is 0.316 e. The van der Waals surface area contributed by atoms with E-state index >= 15 is 0 Å². The molecule has 0 aliphatic carbocycles. The lowest BCUT2D eigenvalue weighted by Crippen LogP contribution is -1.90. The van der Waals surface area contributed by atoms with Gasteiger partial charge in [-0.05, 0) is 76.4 Å². The number of hydrogen-bond donors (Lipinski definition) is 1. The van der Waals surface area contributed by atoms with Gasteiger partial charge in [-0.1, -0.05) is 29.8 Å². The van der Waals surface area contributed by atoms with Crippen LogP contribution in [0.25, 0.3) is 11.4 Å². The minimum absolute atomic E-state index is 0.322. The fourth-order valence-corrected chi connectivity index (χ4v) is 4.79. The molecular weight excluding hydrogens is 532 g/mol. The van der Waals surface area contributed by atoms with Gasteiger partial charge in [-0.25, -0.2) is 14.4 Å². The second kappa shape index (κ2) is 8.76. The van der Waals surface area contributed by atoms with E-state index in [0.717, 1.165) is 8.47 Å². The second-order valence-corrected chi connectivity index (χ2v) is 9.15. The molecule has 0 spiro atoms. The molecule has 28 heavy (non-hydrogen) atoms. The molecule has 2 aromatic carbocycles. The Labute approximate surface area is 187 Å². The number of rotatable bonds is 5. The Morgan fingerprint density at radius 3 is 2.57 bits per heavy atom. The van der Waals surface area contributed by atoms with Crippen molar-refractivity contribution in [2.75, 3.05) is 0 Å². The molecule has 0 fully saturated rings. The maximum Gasteiger partial charge on any atom is 0.195 e. The van der Waals surface area contributed by atoms with Crippen molar-refractivity contribution in [3.8, 4) is 11.4 Å². The molecule has 4 aromatic rings. The monoisotopic (exact) mass is 541 g/mol. The molecule has 0 amide bonds. The van der Waals surface area contributed by atoms with Crippen LogP contribution in [-0.4, -0.2) is 25.1 Å². The van der Waals surface area contributed by atoms with Gasteiger partial charge in [0.2, 0.25) is 0 Å². The molecule has 1 N–H and O–H groups in total. The van der Waals surface area contributed by atoms with Crippen LogP contribution in [0.1, 0.15) is 0 Å². The molecule has 2 heterocycles. The summed E-state index contributed by atoms with van der Waals surface area (Å²) in [6, 6.07) is 16.2. The van der Waals surface area contributed by atoms with Crippen molar-refractivity contribution in [2.24, 2.45) is 0 Å². The van der Waals surface area contributed by atoms with Gasteiger partial charge in [0.05, 0.1) is 0 Å². The van der Waals surface area contributed by atoms with E-state index in [0.29, 0.717) is 31.9 Å². The first-order valence-electron chi connectivity index (χ1n) is 7.90. The van der Waals surface area contributed by atoms with E-state index in [1.165, 1.54) is 35.7 Å². The van der Waals surface area contributed by atoms with Crippen molar-refractivity contribution in [3.05, 3.63) is 69.1 Å². The fourth-order valence-electron chi connectivity index (χ4n) is 2.28. The third-order valence-corrected chi connectivity index (χ3v) is 5.89. The number of halogens is 3. The van der Waals surface area contributed by atoms with E-state index in [1.807, 2.05) is 36.4 Å². The van der Waals surface area contributed by atoms with Crippen molar-refractivity contribution >= 4 is 57.7 Å². The molecule has 2 aromatic heterocycles. The minimum Gasteiger partial charge on any atom is -0.316 e. The quantitative estimate of drug-likeness (QED) is 0.191. The zero-order chi connectivity index (χ0) is 19.5. The summed E-state index contributed by atoms with van der Waals surface area (Å²) in [4.78, 5) is 12.9. The van der Waals surface area contributed by atoms with Crippen molar-refractivity contribution < 1.29 is 4.39 Å². The van der Waals surface area contributed by atoms with Crippen molar-refractivity contribution in [2.45, 2.75) is 20.2 Å². The zero-order valence-electron chi connectivity index (χ0n) is 13.9. The van der Waals surface area contributed by atoms with Gasteiger partial charge in [0.1, 0.15) is 16.0 Å². The van der Waals surface area contributed by atoms with Gasteiger partial charge in [-0.15, -0.1) is 10.2 Å². The lowest BCUT2D eigenvalue weighted by atomic mass is 10.2. The van der Waals surface area contributed by atoms with Crippen LogP contribution in [0.15, 0.2) is 74.8 Å². The normalized spacial score (nSPS) is 11.0. The summed E-state index contributed by atoms with van der Waals surface area (Å²) in [5.41, 5.74) is 0.629. The van der Waals surface area contributed by atoms with Crippen LogP contribution in [0.2, 0.25) is 5.15 Å². The molecule has 0 aliphatic heterocycles. The lowest BCUT2D eigenvalue weighted by Gasteiger charge is -2.03. The Kier molecular flexibility index (Phi) is 6.14. The average Bonchev–Trinajstić information content (AvgIpc) is 3.10. The molecule has 0 radical (unpaired) electrons. The van der Waals surface area contributed by atoms with Gasteiger partial charge < -0.3 is 4.98 Å². The number of aromatic nitrogens is 5. The summed E-state index contributed by atoms with van der Waals surface area (Å²) in [5.74, 6) is 0.164. The summed E-state index contributed by atoms with van der Waals surface area (Å²) in [6.07, 6.45) is 0. The topological polar surface area (TPSA) is 67.3 Å². The Morgan fingerprint density at radius 1 is 0.964 bits per heavy atom. The van der Waals surface area contributed by atoms with Crippen LogP contribution in [-0.2, 0) is 0 Å². The van der Waals surface area contributed by atoms with Crippen LogP contribution in [0.5, 0.6) is 0 Å². The number of nitrogens with zero attached hydrogens (tertiary/aromatic N) is 4. The summed E-state index contributed by atoms with van der Waals surface area (Å²) in [7, 11) is 0. The van der Waals surface area contributed by atoms with Crippen LogP contribution in [0, 0.1) is 9.39 Å². The molecule has 4 rings (SSSR count). The molecule has 0 unspecified atom stereocenters. The molecule has 0 atom stereocenters. The van der Waals surface area contributed by atoms with Gasteiger partial charge in [0, 0.05) is 20.1 Å². The highest BCUT2D eigenvalue weighted by Crippen LogP contribution is 2.31. The molecule has 10 heteroatoms. The van der Waals surface area contributed by atoms with Gasteiger partial charge in [0.15, 0.2) is 16.1 Å². The van der Waals surface area contributed by atoms with E-state index in [1.54, 1.807) is 6.07 Å². The van der Waals surface area contributed by atoms with E-state index in [2.05, 4.69) is 47.7 Å². The van der Waals surface area contributed by atoms with Gasteiger partial charge in [0.25, 0.3) is 0 Å². The third-order valence-electron chi connectivity index (χ3n) is 3.41. The molecule has 5 nitrogen and oxygen atoms in total. The van der Waals surface area contributed by atoms with Crippen LogP contribution < -0.4 is 0 Å². The Morgan fingerprint density at radius 2 is 1.79 bits per heavy atom. The minimum atomic E-state index is -0.322. The van der Waals surface area contributed by atoms with Crippen molar-refractivity contribution in [3.63, 3.8) is 0 Å². The summed E-state index contributed by atoms with van der Waals surface area (Å²) in [5, 5.41) is 10.3. The van der Waals surface area contributed by atoms with E-state index in [4.69, 9.17) is 11.6 Å². The summed E-state index contributed by atoms with van der Waals surface area (Å²) >= 11 is 10.9. The number of benzene rings is 2. The Hall–Kier alpha value is -1.69. The smallest absolute Gasteiger partial charge is 0.195 e. The van der Waals surface area contributed by atoms with Crippen LogP contribution in [0.3, 0.4) is 0 Å². The van der Waals surface area contributed by atoms with E-state index in [-0.39, 0.29) is 5.82 Å². The molecule has 0 saturated carbocycles. The Balaban J connectivity index is 1.55. The number of hydrogen-bond acceptors (Lipinski definition) is 6. The standard InChI is InChI=1S/C18H10ClFIN5S2/c19-14-9-15(23-17(22-14)27-13-4-2-1-3-5-13)28-18-24-16(25-26-18)10-6-11(20)8-12(21)7-10/h1-9H,(H,24,25,26). The highest BCUT2D eigenvalue weighted by atomic mass is 127. The maximum atomic E-state index is 13.6. The third kappa shape index (κ3) is 5.02. The first-order valence-corrected chi connectivity index (χ1v) is 11.0. The predicted octanol–water partition coefficient (Wildman–Crippen LogP) is 5.96. The van der Waals surface area contributed by atoms with Crippen LogP contribution >= 0.6 is 57.7 Å². The average molecular weight is 542 g/mol.